The van der Waals surface area contributed by atoms with Crippen molar-refractivity contribution in [1.82, 2.24) is 0 Å². The SMILES string of the molecule is FCc1ccc(/C=C\c2cc[c-]cc2)cc1.[K+]. The third-order valence-electron chi connectivity index (χ3n) is 2.35. The van der Waals surface area contributed by atoms with Gasteiger partial charge in [-0.1, -0.05) is 36.4 Å². The first-order chi connectivity index (χ1) is 7.88. The van der Waals surface area contributed by atoms with E-state index >= 15 is 0 Å². The Balaban J connectivity index is 0.00000144. The zero-order valence-corrected chi connectivity index (χ0v) is 13.0. The topological polar surface area (TPSA) is 0 Å². The summed E-state index contributed by atoms with van der Waals surface area (Å²) < 4.78 is 12.3. The number of rotatable bonds is 3. The number of alkyl halides is 1. The molecule has 0 aromatic heterocycles. The molecule has 0 nitrogen and oxygen atoms in total. The maximum atomic E-state index is 12.3. The van der Waals surface area contributed by atoms with Gasteiger partial charge in [0.1, 0.15) is 6.67 Å². The van der Waals surface area contributed by atoms with Gasteiger partial charge in [0.25, 0.3) is 0 Å². The molecule has 0 atom stereocenters. The molecule has 0 N–H and O–H groups in total. The second-order valence-corrected chi connectivity index (χ2v) is 3.54. The summed E-state index contributed by atoms with van der Waals surface area (Å²) in [7, 11) is 0. The largest absolute Gasteiger partial charge is 1.00 e. The number of halogens is 1. The summed E-state index contributed by atoms with van der Waals surface area (Å²) in [6.07, 6.45) is 4.04. The molecule has 0 fully saturated rings. The smallest absolute Gasteiger partial charge is 0.246 e. The molecule has 2 aromatic rings. The molecule has 0 spiro atoms. The van der Waals surface area contributed by atoms with Gasteiger partial charge in [-0.25, -0.2) is 4.39 Å². The molecule has 0 aliphatic heterocycles. The van der Waals surface area contributed by atoms with Crippen molar-refractivity contribution >= 4 is 12.2 Å². The second kappa shape index (κ2) is 7.96. The van der Waals surface area contributed by atoms with E-state index in [1.807, 2.05) is 48.6 Å². The van der Waals surface area contributed by atoms with Crippen molar-refractivity contribution in [2.75, 3.05) is 0 Å². The van der Waals surface area contributed by atoms with E-state index in [9.17, 15) is 4.39 Å². The Bertz CT molecular complexity index is 460. The Hall–Kier alpha value is -0.254. The Kier molecular flexibility index (Phi) is 6.93. The summed E-state index contributed by atoms with van der Waals surface area (Å²) >= 11 is 0. The van der Waals surface area contributed by atoms with Crippen molar-refractivity contribution < 1.29 is 55.8 Å². The van der Waals surface area contributed by atoms with E-state index in [2.05, 4.69) is 6.07 Å². The van der Waals surface area contributed by atoms with Crippen LogP contribution in [-0.2, 0) is 6.67 Å². The van der Waals surface area contributed by atoms with E-state index in [1.54, 1.807) is 12.1 Å². The molecule has 0 amide bonds. The van der Waals surface area contributed by atoms with Gasteiger partial charge in [0.2, 0.25) is 0 Å². The van der Waals surface area contributed by atoms with E-state index in [1.165, 1.54) is 0 Å². The molecule has 0 radical (unpaired) electrons. The summed E-state index contributed by atoms with van der Waals surface area (Å²) in [5.74, 6) is 0. The fourth-order valence-corrected chi connectivity index (χ4v) is 1.42. The van der Waals surface area contributed by atoms with Gasteiger partial charge in [0, 0.05) is 0 Å². The molecule has 0 bridgehead atoms. The van der Waals surface area contributed by atoms with Crippen molar-refractivity contribution in [3.63, 3.8) is 0 Å². The standard InChI is InChI=1S/C15H12F.K/c16-12-15-10-8-14(9-11-15)7-6-13-4-2-1-3-5-13;/h2-11H,12H2;/q-1;+1/b7-6-;. The van der Waals surface area contributed by atoms with Crippen LogP contribution in [0, 0.1) is 6.07 Å². The van der Waals surface area contributed by atoms with Crippen molar-refractivity contribution in [2.24, 2.45) is 0 Å². The molecular weight excluding hydrogens is 238 g/mol. The van der Waals surface area contributed by atoms with Crippen molar-refractivity contribution in [1.29, 1.82) is 0 Å². The normalized spacial score (nSPS) is 10.2. The van der Waals surface area contributed by atoms with Crippen LogP contribution in [0.4, 0.5) is 4.39 Å². The van der Waals surface area contributed by atoms with Crippen LogP contribution in [0.5, 0.6) is 0 Å². The quantitative estimate of drug-likeness (QED) is 0.435. The summed E-state index contributed by atoms with van der Waals surface area (Å²) in [6, 6.07) is 18.2. The Morgan fingerprint density at radius 3 is 1.94 bits per heavy atom. The zero-order chi connectivity index (χ0) is 11.2. The molecule has 80 valence electrons. The first-order valence-electron chi connectivity index (χ1n) is 5.17. The van der Waals surface area contributed by atoms with E-state index in [0.717, 1.165) is 11.1 Å². The molecule has 0 heterocycles. The molecule has 2 heteroatoms. The predicted octanol–water partition coefficient (Wildman–Crippen LogP) is 1.13. The Labute approximate surface area is 144 Å². The van der Waals surface area contributed by atoms with Gasteiger partial charge in [0.15, 0.2) is 0 Å². The molecule has 17 heavy (non-hydrogen) atoms. The van der Waals surface area contributed by atoms with Crippen LogP contribution in [0.25, 0.3) is 12.2 Å². The van der Waals surface area contributed by atoms with E-state index in [0.29, 0.717) is 5.56 Å². The summed E-state index contributed by atoms with van der Waals surface area (Å²) in [6.45, 7) is -0.404. The summed E-state index contributed by atoms with van der Waals surface area (Å²) in [4.78, 5) is 0. The zero-order valence-electron chi connectivity index (χ0n) is 9.86. The molecule has 0 aliphatic rings. The van der Waals surface area contributed by atoms with Crippen molar-refractivity contribution in [3.05, 3.63) is 71.3 Å². The molecule has 0 aliphatic carbocycles. The predicted molar refractivity (Wildman–Crippen MR) is 65.5 cm³/mol. The van der Waals surface area contributed by atoms with Gasteiger partial charge < -0.3 is 0 Å². The first-order valence-corrected chi connectivity index (χ1v) is 5.17. The number of hydrogen-bond acceptors (Lipinski definition) is 0. The van der Waals surface area contributed by atoms with Crippen molar-refractivity contribution in [3.8, 4) is 0 Å². The van der Waals surface area contributed by atoms with Gasteiger partial charge in [-0.05, 0) is 11.1 Å². The minimum absolute atomic E-state index is 0. The van der Waals surface area contributed by atoms with Crippen LogP contribution >= 0.6 is 0 Å². The monoisotopic (exact) mass is 250 g/mol. The van der Waals surface area contributed by atoms with E-state index in [4.69, 9.17) is 0 Å². The van der Waals surface area contributed by atoms with E-state index < -0.39 is 6.67 Å². The third-order valence-corrected chi connectivity index (χ3v) is 2.35. The number of benzene rings is 2. The molecule has 2 rings (SSSR count). The van der Waals surface area contributed by atoms with Crippen LogP contribution in [0.3, 0.4) is 0 Å². The maximum Gasteiger partial charge on any atom is 1.00 e. The van der Waals surface area contributed by atoms with Gasteiger partial charge in [-0.3, -0.25) is 0 Å². The maximum absolute atomic E-state index is 12.3. The van der Waals surface area contributed by atoms with E-state index in [-0.39, 0.29) is 51.4 Å². The summed E-state index contributed by atoms with van der Waals surface area (Å²) in [5, 5.41) is 0. The average molecular weight is 250 g/mol. The summed E-state index contributed by atoms with van der Waals surface area (Å²) in [5.41, 5.74) is 2.92. The molecule has 0 unspecified atom stereocenters. The van der Waals surface area contributed by atoms with Gasteiger partial charge >= 0.3 is 51.4 Å². The minimum Gasteiger partial charge on any atom is -0.246 e. The third kappa shape index (κ3) is 4.86. The first kappa shape index (κ1) is 14.8. The second-order valence-electron chi connectivity index (χ2n) is 3.54. The number of hydrogen-bond donors (Lipinski definition) is 0. The molecular formula is C15H12FK. The molecule has 0 saturated carbocycles. The van der Waals surface area contributed by atoms with Crippen LogP contribution < -0.4 is 51.4 Å². The molecule has 0 saturated heterocycles. The molecule has 2 aromatic carbocycles. The van der Waals surface area contributed by atoms with Gasteiger partial charge in [0.05, 0.1) is 0 Å². The van der Waals surface area contributed by atoms with Crippen LogP contribution in [0.2, 0.25) is 0 Å². The fourth-order valence-electron chi connectivity index (χ4n) is 1.42. The Morgan fingerprint density at radius 2 is 1.41 bits per heavy atom. The van der Waals surface area contributed by atoms with Crippen molar-refractivity contribution in [2.45, 2.75) is 6.67 Å². The van der Waals surface area contributed by atoms with Gasteiger partial charge in [-0.15, -0.1) is 5.56 Å². The van der Waals surface area contributed by atoms with Gasteiger partial charge in [-0.2, -0.15) is 30.3 Å². The Morgan fingerprint density at radius 1 is 0.882 bits per heavy atom. The fraction of sp³-hybridized carbons (Fsp3) is 0.0667. The average Bonchev–Trinajstić information content (AvgIpc) is 2.38. The van der Waals surface area contributed by atoms with Crippen LogP contribution in [-0.4, -0.2) is 0 Å². The minimum atomic E-state index is -0.404. The van der Waals surface area contributed by atoms with Crippen LogP contribution in [0.1, 0.15) is 16.7 Å². The van der Waals surface area contributed by atoms with Crippen LogP contribution in [0.15, 0.2) is 48.5 Å².